The second-order valence-corrected chi connectivity index (χ2v) is 6.49. The molecule has 1 aromatic heterocycles. The molecule has 0 saturated heterocycles. The summed E-state index contributed by atoms with van der Waals surface area (Å²) in [6.07, 6.45) is 1.89. The Labute approximate surface area is 147 Å². The number of hydrogen-bond donors (Lipinski definition) is 0. The van der Waals surface area contributed by atoms with Gasteiger partial charge in [-0.1, -0.05) is 24.3 Å². The highest BCUT2D eigenvalue weighted by Crippen LogP contribution is 2.37. The molecule has 3 rings (SSSR count). The largest absolute Gasteiger partial charge is 0.340 e. The van der Waals surface area contributed by atoms with E-state index in [4.69, 9.17) is 11.6 Å². The lowest BCUT2D eigenvalue weighted by Crippen LogP contribution is -2.34. The molecule has 1 heterocycles. The lowest BCUT2D eigenvalue weighted by Gasteiger charge is -2.29. The van der Waals surface area contributed by atoms with Crippen molar-refractivity contribution < 1.29 is 4.79 Å². The van der Waals surface area contributed by atoms with E-state index >= 15 is 0 Å². The van der Waals surface area contributed by atoms with Gasteiger partial charge in [0, 0.05) is 19.3 Å². The number of aryl methyl sites for hydroxylation is 1. The van der Waals surface area contributed by atoms with E-state index in [0.717, 1.165) is 24.1 Å². The van der Waals surface area contributed by atoms with Crippen LogP contribution in [-0.4, -0.2) is 21.3 Å². The average Bonchev–Trinajstić information content (AvgIpc) is 3.15. The van der Waals surface area contributed by atoms with Crippen LogP contribution in [0.1, 0.15) is 40.5 Å². The minimum absolute atomic E-state index is 0.0321. The highest BCUT2D eigenvalue weighted by Gasteiger charge is 2.31. The molecule has 1 amide bonds. The van der Waals surface area contributed by atoms with Gasteiger partial charge in [-0.2, -0.15) is 5.26 Å². The molecule has 124 valence electrons. The number of carbonyl (C=O) groups excluding carboxylic acids is 1. The molecule has 0 aliphatic heterocycles. The first-order valence-electron chi connectivity index (χ1n) is 8.05. The molecule has 0 radical (unpaired) electrons. The van der Waals surface area contributed by atoms with Gasteiger partial charge in [-0.25, -0.2) is 0 Å². The van der Waals surface area contributed by atoms with Gasteiger partial charge in [0.15, 0.2) is 0 Å². The maximum absolute atomic E-state index is 12.5. The first-order valence-corrected chi connectivity index (χ1v) is 8.58. The van der Waals surface area contributed by atoms with Crippen molar-refractivity contribution in [3.63, 3.8) is 0 Å². The number of nitriles is 1. The fraction of sp³-hybridized carbons (Fsp3) is 0.368. The minimum Gasteiger partial charge on any atom is -0.340 e. The van der Waals surface area contributed by atoms with Crippen LogP contribution in [-0.2, 0) is 24.8 Å². The molecule has 1 aromatic carbocycles. The zero-order valence-electron chi connectivity index (χ0n) is 13.9. The van der Waals surface area contributed by atoms with E-state index in [1.165, 1.54) is 11.1 Å². The Balaban J connectivity index is 1.95. The fourth-order valence-electron chi connectivity index (χ4n) is 3.52. The highest BCUT2D eigenvalue weighted by atomic mass is 35.5. The van der Waals surface area contributed by atoms with Crippen LogP contribution in [0.3, 0.4) is 0 Å². The van der Waals surface area contributed by atoms with Crippen molar-refractivity contribution >= 4 is 17.5 Å². The third kappa shape index (κ3) is 2.81. The number of fused-ring (bicyclic) bond motifs is 1. The molecule has 0 N–H and O–H groups in total. The third-order valence-corrected chi connectivity index (χ3v) is 5.24. The van der Waals surface area contributed by atoms with Crippen molar-refractivity contribution in [3.05, 3.63) is 58.4 Å². The van der Waals surface area contributed by atoms with Crippen molar-refractivity contribution in [3.8, 4) is 6.07 Å². The van der Waals surface area contributed by atoms with E-state index < -0.39 is 0 Å². The number of nitrogens with zero attached hydrogens (tertiary/aromatic N) is 3. The predicted molar refractivity (Wildman–Crippen MR) is 93.6 cm³/mol. The summed E-state index contributed by atoms with van der Waals surface area (Å²) in [6, 6.07) is 12.4. The summed E-state index contributed by atoms with van der Waals surface area (Å²) in [5.41, 5.74) is 5.12. The van der Waals surface area contributed by atoms with Crippen LogP contribution in [0.4, 0.5) is 0 Å². The SMILES string of the molecule is Cc1c(CN(C(=O)CCl)[C@@H]2CCc3ccccc32)cc(C#N)n1C. The molecule has 24 heavy (non-hydrogen) atoms. The molecule has 0 bridgehead atoms. The van der Waals surface area contributed by atoms with E-state index in [0.29, 0.717) is 12.2 Å². The number of amides is 1. The first kappa shape index (κ1) is 16.6. The van der Waals surface area contributed by atoms with Gasteiger partial charge in [0.25, 0.3) is 0 Å². The first-order chi connectivity index (χ1) is 11.6. The van der Waals surface area contributed by atoms with Crippen LogP contribution in [0.5, 0.6) is 0 Å². The smallest absolute Gasteiger partial charge is 0.238 e. The van der Waals surface area contributed by atoms with Gasteiger partial charge in [-0.05, 0) is 42.5 Å². The molecule has 2 aromatic rings. The Morgan fingerprint density at radius 1 is 1.46 bits per heavy atom. The van der Waals surface area contributed by atoms with Crippen molar-refractivity contribution in [1.29, 1.82) is 5.26 Å². The molecule has 0 spiro atoms. The van der Waals surface area contributed by atoms with E-state index in [1.54, 1.807) is 0 Å². The van der Waals surface area contributed by atoms with Gasteiger partial charge >= 0.3 is 0 Å². The Hall–Kier alpha value is -2.25. The zero-order valence-corrected chi connectivity index (χ0v) is 14.7. The van der Waals surface area contributed by atoms with Gasteiger partial charge < -0.3 is 9.47 Å². The van der Waals surface area contributed by atoms with Gasteiger partial charge in [0.2, 0.25) is 5.91 Å². The average molecular weight is 342 g/mol. The number of aromatic nitrogens is 1. The van der Waals surface area contributed by atoms with Crippen LogP contribution in [0, 0.1) is 18.3 Å². The molecule has 1 aliphatic carbocycles. The van der Waals surface area contributed by atoms with Crippen LogP contribution in [0.15, 0.2) is 30.3 Å². The fourth-order valence-corrected chi connectivity index (χ4v) is 3.67. The Morgan fingerprint density at radius 2 is 2.21 bits per heavy atom. The summed E-state index contributed by atoms with van der Waals surface area (Å²) < 4.78 is 1.86. The standard InChI is InChI=1S/C19H20ClN3O/c1-13-15(9-16(11-21)22(13)2)12-23(19(24)10-20)18-8-7-14-5-3-4-6-17(14)18/h3-6,9,18H,7-8,10,12H2,1-2H3/t18-/m1/s1. The molecule has 0 unspecified atom stereocenters. The van der Waals surface area contributed by atoms with Crippen molar-refractivity contribution in [2.45, 2.75) is 32.4 Å². The maximum Gasteiger partial charge on any atom is 0.238 e. The Bertz CT molecular complexity index is 819. The minimum atomic E-state index is -0.0693. The van der Waals surface area contributed by atoms with E-state index in [1.807, 2.05) is 41.6 Å². The second kappa shape index (κ2) is 6.70. The van der Waals surface area contributed by atoms with Crippen LogP contribution in [0.25, 0.3) is 0 Å². The Morgan fingerprint density at radius 3 is 2.88 bits per heavy atom. The zero-order chi connectivity index (χ0) is 17.3. The molecule has 4 nitrogen and oxygen atoms in total. The van der Waals surface area contributed by atoms with E-state index in [-0.39, 0.29) is 17.8 Å². The molecule has 1 atom stereocenters. The van der Waals surface area contributed by atoms with Crippen molar-refractivity contribution in [1.82, 2.24) is 9.47 Å². The third-order valence-electron chi connectivity index (χ3n) is 5.01. The van der Waals surface area contributed by atoms with Crippen LogP contribution in [0.2, 0.25) is 0 Å². The number of halogens is 1. The molecule has 5 heteroatoms. The predicted octanol–water partition coefficient (Wildman–Crippen LogP) is 3.46. The number of hydrogen-bond acceptors (Lipinski definition) is 2. The number of carbonyl (C=O) groups is 1. The van der Waals surface area contributed by atoms with Gasteiger partial charge in [0.05, 0.1) is 6.04 Å². The Kier molecular flexibility index (Phi) is 4.64. The number of rotatable bonds is 4. The number of benzene rings is 1. The molecular formula is C19H20ClN3O. The van der Waals surface area contributed by atoms with Crippen molar-refractivity contribution in [2.24, 2.45) is 7.05 Å². The lowest BCUT2D eigenvalue weighted by atomic mass is 10.1. The van der Waals surface area contributed by atoms with E-state index in [2.05, 4.69) is 18.2 Å². The summed E-state index contributed by atoms with van der Waals surface area (Å²) in [7, 11) is 1.87. The molecule has 0 saturated carbocycles. The van der Waals surface area contributed by atoms with Gasteiger partial charge in [0.1, 0.15) is 17.6 Å². The normalized spacial score (nSPS) is 15.8. The molecule has 1 aliphatic rings. The van der Waals surface area contributed by atoms with Crippen LogP contribution < -0.4 is 0 Å². The maximum atomic E-state index is 12.5. The summed E-state index contributed by atoms with van der Waals surface area (Å²) in [4.78, 5) is 14.4. The summed E-state index contributed by atoms with van der Waals surface area (Å²) >= 11 is 5.87. The molecule has 0 fully saturated rings. The summed E-state index contributed by atoms with van der Waals surface area (Å²) in [5.74, 6) is -0.101. The van der Waals surface area contributed by atoms with E-state index in [9.17, 15) is 10.1 Å². The quantitative estimate of drug-likeness (QED) is 0.799. The second-order valence-electron chi connectivity index (χ2n) is 6.22. The topological polar surface area (TPSA) is 49.0 Å². The number of alkyl halides is 1. The molecular weight excluding hydrogens is 322 g/mol. The van der Waals surface area contributed by atoms with Crippen LogP contribution >= 0.6 is 11.6 Å². The highest BCUT2D eigenvalue weighted by molar-refractivity contribution is 6.27. The summed E-state index contributed by atoms with van der Waals surface area (Å²) in [6.45, 7) is 2.45. The van der Waals surface area contributed by atoms with Gasteiger partial charge in [-0.15, -0.1) is 11.6 Å². The monoisotopic (exact) mass is 341 g/mol. The summed E-state index contributed by atoms with van der Waals surface area (Å²) in [5, 5.41) is 9.21. The van der Waals surface area contributed by atoms with Crippen molar-refractivity contribution in [2.75, 3.05) is 5.88 Å². The van der Waals surface area contributed by atoms with Gasteiger partial charge in [-0.3, -0.25) is 4.79 Å². The lowest BCUT2D eigenvalue weighted by molar-refractivity contribution is -0.131.